The predicted octanol–water partition coefficient (Wildman–Crippen LogP) is 3.45. The molecule has 0 aliphatic carbocycles. The molecular weight excluding hydrogens is 290 g/mol. The highest BCUT2D eigenvalue weighted by Gasteiger charge is 2.23. The number of thiazole rings is 1. The van der Waals surface area contributed by atoms with Crippen LogP contribution in [-0.4, -0.2) is 16.5 Å². The maximum Gasteiger partial charge on any atom is 0.311 e. The second-order valence-corrected chi connectivity index (χ2v) is 5.60. The Balaban J connectivity index is 2.62. The molecule has 0 amide bonds. The minimum Gasteiger partial charge on any atom is -0.487 e. The van der Waals surface area contributed by atoms with Gasteiger partial charge in [0.2, 0.25) is 5.75 Å². The number of benzene rings is 1. The van der Waals surface area contributed by atoms with Gasteiger partial charge in [0.05, 0.1) is 28.8 Å². The normalized spacial score (nSPS) is 12.2. The first-order valence-electron chi connectivity index (χ1n) is 6.57. The average molecular weight is 307 g/mol. The van der Waals surface area contributed by atoms with Crippen LogP contribution >= 0.6 is 11.3 Å². The summed E-state index contributed by atoms with van der Waals surface area (Å²) in [5, 5.41) is 13.9. The monoisotopic (exact) mass is 307 g/mol. The number of aryl methyl sites for hydroxylation is 1. The summed E-state index contributed by atoms with van der Waals surface area (Å²) in [6.07, 6.45) is 0. The molecule has 0 aliphatic rings. The quantitative estimate of drug-likeness (QED) is 0.674. The third-order valence-electron chi connectivity index (χ3n) is 2.89. The maximum atomic E-state index is 11.2. The predicted molar refractivity (Wildman–Crippen MR) is 82.7 cm³/mol. The molecule has 2 N–H and O–H groups in total. The van der Waals surface area contributed by atoms with Crippen molar-refractivity contribution in [3.63, 3.8) is 0 Å². The van der Waals surface area contributed by atoms with E-state index in [1.54, 1.807) is 6.92 Å². The van der Waals surface area contributed by atoms with Crippen molar-refractivity contribution in [3.05, 3.63) is 38.2 Å². The van der Waals surface area contributed by atoms with Gasteiger partial charge in [-0.2, -0.15) is 0 Å². The molecule has 21 heavy (non-hydrogen) atoms. The number of nitrogens with zero attached hydrogens (tertiary/aromatic N) is 2. The van der Waals surface area contributed by atoms with Gasteiger partial charge in [-0.1, -0.05) is 0 Å². The van der Waals surface area contributed by atoms with Crippen LogP contribution in [-0.2, 0) is 0 Å². The van der Waals surface area contributed by atoms with E-state index in [0.717, 1.165) is 10.6 Å². The number of nitro benzene ring substituents is 1. The van der Waals surface area contributed by atoms with E-state index in [0.29, 0.717) is 17.9 Å². The molecular formula is C14H17N3O3S. The Labute approximate surface area is 126 Å². The van der Waals surface area contributed by atoms with Crippen LogP contribution in [0.3, 0.4) is 0 Å². The Hall–Kier alpha value is -1.99. The fraction of sp³-hybridized carbons (Fsp3) is 0.357. The molecule has 0 aliphatic heterocycles. The molecule has 0 saturated carbocycles. The standard InChI is InChI=1S/C14H17N3O3S/c1-4-20-13-10(5-8(2)6-12(13)17(18)19)11-7-21-14(16-11)9(3)15/h5-7,9H,4,15H2,1-3H3. The maximum absolute atomic E-state index is 11.2. The van der Waals surface area contributed by atoms with Gasteiger partial charge < -0.3 is 10.5 Å². The Bertz CT molecular complexity index is 667. The third kappa shape index (κ3) is 3.20. The van der Waals surface area contributed by atoms with Crippen LogP contribution < -0.4 is 10.5 Å². The molecule has 1 aromatic heterocycles. The summed E-state index contributed by atoms with van der Waals surface area (Å²) in [4.78, 5) is 15.3. The van der Waals surface area contributed by atoms with E-state index in [1.165, 1.54) is 17.4 Å². The third-order valence-corrected chi connectivity index (χ3v) is 3.93. The molecule has 0 fully saturated rings. The van der Waals surface area contributed by atoms with Crippen LogP contribution in [0.15, 0.2) is 17.5 Å². The van der Waals surface area contributed by atoms with E-state index >= 15 is 0 Å². The molecule has 0 bridgehead atoms. The van der Waals surface area contributed by atoms with Gasteiger partial charge in [0.25, 0.3) is 0 Å². The number of hydrogen-bond acceptors (Lipinski definition) is 6. The molecule has 2 rings (SSSR count). The number of aromatic nitrogens is 1. The Kier molecular flexibility index (Phi) is 4.54. The van der Waals surface area contributed by atoms with Crippen molar-refractivity contribution in [2.45, 2.75) is 26.8 Å². The lowest BCUT2D eigenvalue weighted by atomic mass is 10.1. The molecule has 0 saturated heterocycles. The van der Waals surface area contributed by atoms with E-state index in [2.05, 4.69) is 4.98 Å². The molecule has 0 spiro atoms. The highest BCUT2D eigenvalue weighted by molar-refractivity contribution is 7.10. The summed E-state index contributed by atoms with van der Waals surface area (Å²) in [5.74, 6) is 0.259. The van der Waals surface area contributed by atoms with E-state index in [1.807, 2.05) is 25.3 Å². The van der Waals surface area contributed by atoms with Crippen molar-refractivity contribution >= 4 is 17.0 Å². The zero-order valence-corrected chi connectivity index (χ0v) is 12.9. The van der Waals surface area contributed by atoms with Crippen molar-refractivity contribution in [3.8, 4) is 17.0 Å². The first-order chi connectivity index (χ1) is 9.93. The summed E-state index contributed by atoms with van der Waals surface area (Å²) in [5.41, 5.74) is 7.85. The minimum atomic E-state index is -0.430. The lowest BCUT2D eigenvalue weighted by Crippen LogP contribution is -2.04. The van der Waals surface area contributed by atoms with Gasteiger partial charge in [-0.15, -0.1) is 11.3 Å². The number of nitro groups is 1. The van der Waals surface area contributed by atoms with E-state index < -0.39 is 4.92 Å². The zero-order valence-electron chi connectivity index (χ0n) is 12.1. The van der Waals surface area contributed by atoms with Gasteiger partial charge >= 0.3 is 5.69 Å². The Morgan fingerprint density at radius 1 is 1.52 bits per heavy atom. The highest BCUT2D eigenvalue weighted by Crippen LogP contribution is 2.39. The fourth-order valence-electron chi connectivity index (χ4n) is 2.00. The number of nitrogens with two attached hydrogens (primary N) is 1. The summed E-state index contributed by atoms with van der Waals surface area (Å²) in [6, 6.07) is 3.19. The second-order valence-electron chi connectivity index (χ2n) is 4.71. The molecule has 1 aromatic carbocycles. The van der Waals surface area contributed by atoms with Crippen LogP contribution in [0.4, 0.5) is 5.69 Å². The average Bonchev–Trinajstić information content (AvgIpc) is 2.90. The number of hydrogen-bond donors (Lipinski definition) is 1. The minimum absolute atomic E-state index is 0.0396. The Morgan fingerprint density at radius 3 is 2.76 bits per heavy atom. The number of rotatable bonds is 5. The van der Waals surface area contributed by atoms with Gasteiger partial charge in [-0.3, -0.25) is 10.1 Å². The van der Waals surface area contributed by atoms with E-state index in [4.69, 9.17) is 10.5 Å². The summed E-state index contributed by atoms with van der Waals surface area (Å²) < 4.78 is 5.50. The lowest BCUT2D eigenvalue weighted by molar-refractivity contribution is -0.385. The molecule has 0 radical (unpaired) electrons. The van der Waals surface area contributed by atoms with Crippen molar-refractivity contribution in [1.29, 1.82) is 0 Å². The van der Waals surface area contributed by atoms with Gasteiger partial charge in [-0.05, 0) is 32.4 Å². The van der Waals surface area contributed by atoms with Crippen LogP contribution in [0.25, 0.3) is 11.3 Å². The van der Waals surface area contributed by atoms with Crippen molar-refractivity contribution in [2.24, 2.45) is 5.73 Å². The highest BCUT2D eigenvalue weighted by atomic mass is 32.1. The molecule has 7 heteroatoms. The van der Waals surface area contributed by atoms with Gasteiger partial charge in [0.1, 0.15) is 5.01 Å². The molecule has 2 aromatic rings. The van der Waals surface area contributed by atoms with E-state index in [9.17, 15) is 10.1 Å². The topological polar surface area (TPSA) is 91.3 Å². The van der Waals surface area contributed by atoms with Crippen LogP contribution in [0.1, 0.15) is 30.5 Å². The van der Waals surface area contributed by atoms with E-state index in [-0.39, 0.29) is 17.5 Å². The molecule has 112 valence electrons. The zero-order chi connectivity index (χ0) is 15.6. The van der Waals surface area contributed by atoms with Gasteiger partial charge in [0, 0.05) is 11.4 Å². The molecule has 1 atom stereocenters. The first-order valence-corrected chi connectivity index (χ1v) is 7.45. The fourth-order valence-corrected chi connectivity index (χ4v) is 2.77. The second kappa shape index (κ2) is 6.19. The van der Waals surface area contributed by atoms with Crippen LogP contribution in [0.2, 0.25) is 0 Å². The lowest BCUT2D eigenvalue weighted by Gasteiger charge is -2.10. The van der Waals surface area contributed by atoms with Crippen molar-refractivity contribution < 1.29 is 9.66 Å². The van der Waals surface area contributed by atoms with Crippen molar-refractivity contribution in [1.82, 2.24) is 4.98 Å². The molecule has 1 unspecified atom stereocenters. The number of ether oxygens (including phenoxy) is 1. The van der Waals surface area contributed by atoms with Crippen LogP contribution in [0.5, 0.6) is 5.75 Å². The van der Waals surface area contributed by atoms with Crippen molar-refractivity contribution in [2.75, 3.05) is 6.61 Å². The van der Waals surface area contributed by atoms with Crippen LogP contribution in [0, 0.1) is 17.0 Å². The van der Waals surface area contributed by atoms with Gasteiger partial charge in [-0.25, -0.2) is 4.98 Å². The SMILES string of the molecule is CCOc1c(-c2csc(C(C)N)n2)cc(C)cc1[N+](=O)[O-]. The molecule has 1 heterocycles. The summed E-state index contributed by atoms with van der Waals surface area (Å²) in [7, 11) is 0. The largest absolute Gasteiger partial charge is 0.487 e. The first kappa shape index (κ1) is 15.4. The summed E-state index contributed by atoms with van der Waals surface area (Å²) in [6.45, 7) is 5.80. The Morgan fingerprint density at radius 2 is 2.24 bits per heavy atom. The summed E-state index contributed by atoms with van der Waals surface area (Å²) >= 11 is 1.44. The molecule has 6 nitrogen and oxygen atoms in total. The smallest absolute Gasteiger partial charge is 0.311 e. The van der Waals surface area contributed by atoms with Gasteiger partial charge in [0.15, 0.2) is 0 Å².